The molecule has 4 aliphatic heterocycles. The summed E-state index contributed by atoms with van der Waals surface area (Å²) in [5.41, 5.74) is 9.84. The summed E-state index contributed by atoms with van der Waals surface area (Å²) in [6, 6.07) is 106. The number of nitrogens with one attached hydrogen (secondary N) is 3. The molecule has 0 spiro atoms. The fraction of sp³-hybridized carbons (Fsp3) is 0.213. The number of rotatable bonds is 21. The van der Waals surface area contributed by atoms with Crippen molar-refractivity contribution >= 4 is 88.5 Å². The smallest absolute Gasteiger partial charge is 0.294 e. The van der Waals surface area contributed by atoms with Gasteiger partial charge in [0.2, 0.25) is 47.3 Å². The lowest BCUT2D eigenvalue weighted by Gasteiger charge is -2.39. The van der Waals surface area contributed by atoms with E-state index in [9.17, 15) is 62.3 Å². The number of benzene rings is 12. The Morgan fingerprint density at radius 2 is 0.566 bits per heavy atom. The van der Waals surface area contributed by atoms with E-state index in [-0.39, 0.29) is 30.2 Å². The van der Waals surface area contributed by atoms with Crippen LogP contribution in [0.5, 0.6) is 0 Å². The molecule has 18 rings (SSSR count). The molecule has 12 aromatic rings. The second kappa shape index (κ2) is 41.7. The maximum Gasteiger partial charge on any atom is 0.342 e. The number of Topliss-reactive ketones (excluding diaryl/α,β-unsaturated/α-hetero) is 1. The van der Waals surface area contributed by atoms with Crippen LogP contribution < -0.4 is 25.8 Å². The quantitative estimate of drug-likeness (QED) is 0.0446. The SMILES string of the molecule is Cc1ccc(C(CC(=O)c2ccccc2)C2C(=O)NC(=O)N(C3CCCCC3)C2=O)cc1.O=C1C(C(c2ccccc2)c2ccccc2)C(=O)N(c2ccccc2)C(=O)N1c1ccccc1.O=C1NC(=O)N(C(c2ccccc2)c2ccccc2)C(=O)C1C(c1ccccc1)c1ccccc1.O=C1NC(=O)N(C2CCCCC2)C(=O)C1C(c1ccccc1)c1ccccc1. The predicted octanol–water partition coefficient (Wildman–Crippen LogP) is 19.2. The fourth-order valence-corrected chi connectivity index (χ4v) is 18.6. The first kappa shape index (κ1) is 88.6. The zero-order valence-electron chi connectivity index (χ0n) is 71.2. The van der Waals surface area contributed by atoms with Crippen LogP contribution >= 0.6 is 0 Å². The second-order valence-corrected chi connectivity index (χ2v) is 32.9. The molecule has 3 N–H and O–H groups in total. The van der Waals surface area contributed by atoms with Gasteiger partial charge in [0.1, 0.15) is 23.7 Å². The molecular weight excluding hydrogens is 1620 g/mol. The fourth-order valence-electron chi connectivity index (χ4n) is 18.6. The summed E-state index contributed by atoms with van der Waals surface area (Å²) in [6.45, 7) is 1.95. The summed E-state index contributed by atoms with van der Waals surface area (Å²) in [5.74, 6) is -10.8. The number of nitrogens with zero attached hydrogens (tertiary/aromatic N) is 5. The number of carbonyl (C=O) groups is 13. The van der Waals surface area contributed by atoms with Crippen LogP contribution in [0.4, 0.5) is 30.6 Å². The van der Waals surface area contributed by atoms with Crippen molar-refractivity contribution in [2.24, 2.45) is 23.7 Å². The number of barbiturate groups is 4. The van der Waals surface area contributed by atoms with Crippen LogP contribution in [0.25, 0.3) is 0 Å². The van der Waals surface area contributed by atoms with Gasteiger partial charge >= 0.3 is 24.1 Å². The summed E-state index contributed by atoms with van der Waals surface area (Å²) in [4.78, 5) is 179. The van der Waals surface area contributed by atoms with Gasteiger partial charge in [-0.05, 0) is 107 Å². The number of ketones is 1. The zero-order chi connectivity index (χ0) is 89.9. The molecular formula is C108H98N8O13. The maximum absolute atomic E-state index is 14.2. The molecule has 6 aliphatic rings. The third-order valence-electron chi connectivity index (χ3n) is 24.8. The molecule has 4 heterocycles. The summed E-state index contributed by atoms with van der Waals surface area (Å²) in [6.07, 6.45) is 9.23. The normalized spacial score (nSPS) is 17.9. The highest BCUT2D eigenvalue weighted by molar-refractivity contribution is 6.37. The van der Waals surface area contributed by atoms with E-state index in [1.54, 1.807) is 72.8 Å². The molecule has 2 aliphatic carbocycles. The van der Waals surface area contributed by atoms with Gasteiger partial charge in [0, 0.05) is 47.7 Å². The lowest BCUT2D eigenvalue weighted by molar-refractivity contribution is -0.147. The number of carbonyl (C=O) groups excluding carboxylic acids is 13. The number of amides is 16. The summed E-state index contributed by atoms with van der Waals surface area (Å²) in [5, 5.41) is 7.33. The van der Waals surface area contributed by atoms with Crippen LogP contribution in [0.15, 0.2) is 358 Å². The van der Waals surface area contributed by atoms with E-state index >= 15 is 0 Å². The van der Waals surface area contributed by atoms with Crippen LogP contribution in [0.2, 0.25) is 0 Å². The van der Waals surface area contributed by atoms with Gasteiger partial charge in [-0.3, -0.25) is 73.8 Å². The van der Waals surface area contributed by atoms with E-state index in [4.69, 9.17) is 0 Å². The zero-order valence-corrected chi connectivity index (χ0v) is 71.2. The molecule has 2 saturated carbocycles. The summed E-state index contributed by atoms with van der Waals surface area (Å²) in [7, 11) is 0. The highest BCUT2D eigenvalue weighted by Gasteiger charge is 2.54. The van der Waals surface area contributed by atoms with Gasteiger partial charge in [-0.1, -0.05) is 378 Å². The van der Waals surface area contributed by atoms with Crippen molar-refractivity contribution in [1.82, 2.24) is 30.7 Å². The van der Waals surface area contributed by atoms with Gasteiger partial charge in [-0.15, -0.1) is 0 Å². The Balaban J connectivity index is 0.000000133. The van der Waals surface area contributed by atoms with Crippen LogP contribution in [-0.4, -0.2) is 104 Å². The number of hydrogen-bond donors (Lipinski definition) is 3. The minimum atomic E-state index is -1.12. The van der Waals surface area contributed by atoms with Crippen molar-refractivity contribution in [3.63, 3.8) is 0 Å². The molecule has 0 bridgehead atoms. The third kappa shape index (κ3) is 20.0. The van der Waals surface area contributed by atoms with Crippen molar-refractivity contribution in [2.45, 2.75) is 119 Å². The van der Waals surface area contributed by atoms with E-state index in [0.29, 0.717) is 16.9 Å². The van der Waals surface area contributed by atoms with Gasteiger partial charge in [-0.2, -0.15) is 0 Å². The first-order valence-electron chi connectivity index (χ1n) is 43.8. The molecule has 16 amide bonds. The molecule has 129 heavy (non-hydrogen) atoms. The van der Waals surface area contributed by atoms with Gasteiger partial charge in [-0.25, -0.2) is 29.0 Å². The second-order valence-electron chi connectivity index (χ2n) is 32.9. The minimum absolute atomic E-state index is 0.00357. The molecule has 0 aromatic heterocycles. The standard InChI is InChI=1S/C30H24N2O3.C29H22N2O3.C26H28N2O4.C23H24N2O3/c33-28-26(25(21-13-5-1-6-14-21)22-15-7-2-8-16-22)29(34)32(30(35)31-28)27(23-17-9-3-10-18-23)24-19-11-4-12-20-24;32-27-26(25(21-13-5-1-6-14-21)22-15-7-2-8-16-22)28(33)31(24-19-11-4-12-20-24)29(34)30(27)23-17-9-3-10-18-23;1-17-12-14-18(15-13-17)21(16-22(29)19-8-4-2-5-9-19)23-24(30)27-26(32)28(25(23)31)20-10-6-3-7-11-20;26-21-20(22(27)25(23(28)24-21)18-14-8-3-9-15-18)19(16-10-4-1-5-11-16)17-12-6-2-7-13-17/h1-20,25-27H,(H,31,33,35);1-20,25-26H;2,4-5,8-9,12-15,20-21,23H,3,6-7,10-11,16H2,1H3,(H,27,30,32);1-2,4-7,10-13,18-20H,3,8-9,14-15H2,(H,24,26,28). The number of hydrogen-bond acceptors (Lipinski definition) is 13. The van der Waals surface area contributed by atoms with E-state index in [1.807, 2.05) is 292 Å². The van der Waals surface area contributed by atoms with Crippen LogP contribution in [0.1, 0.15) is 166 Å². The molecule has 0 radical (unpaired) electrons. The maximum atomic E-state index is 14.2. The predicted molar refractivity (Wildman–Crippen MR) is 490 cm³/mol. The van der Waals surface area contributed by atoms with Gasteiger partial charge in [0.15, 0.2) is 5.78 Å². The Morgan fingerprint density at radius 3 is 0.907 bits per heavy atom. The Labute approximate surface area is 749 Å². The topological polar surface area (TPSA) is 274 Å². The van der Waals surface area contributed by atoms with Crippen molar-refractivity contribution in [2.75, 3.05) is 9.80 Å². The number of anilines is 2. The van der Waals surface area contributed by atoms with E-state index < -0.39 is 119 Å². The Kier molecular flexibility index (Phi) is 28.6. The van der Waals surface area contributed by atoms with Crippen molar-refractivity contribution in [1.29, 1.82) is 0 Å². The van der Waals surface area contributed by atoms with Crippen LogP contribution in [0, 0.1) is 30.6 Å². The Hall–Kier alpha value is -15.3. The lowest BCUT2D eigenvalue weighted by Crippen LogP contribution is -2.62. The molecule has 6 fully saturated rings. The number of aryl methyl sites for hydroxylation is 1. The molecule has 4 unspecified atom stereocenters. The lowest BCUT2D eigenvalue weighted by atomic mass is 9.78. The average Bonchev–Trinajstić information content (AvgIpc) is 0.754. The van der Waals surface area contributed by atoms with Crippen molar-refractivity contribution in [3.8, 4) is 0 Å². The third-order valence-corrected chi connectivity index (χ3v) is 24.8. The van der Waals surface area contributed by atoms with Crippen molar-refractivity contribution < 1.29 is 62.3 Å². The Morgan fingerprint density at radius 1 is 0.287 bits per heavy atom. The Bertz CT molecular complexity index is 5640. The monoisotopic (exact) mass is 1710 g/mol. The minimum Gasteiger partial charge on any atom is -0.294 e. The molecule has 21 heteroatoms. The summed E-state index contributed by atoms with van der Waals surface area (Å²) >= 11 is 0. The van der Waals surface area contributed by atoms with E-state index in [1.165, 1.54) is 14.7 Å². The molecule has 4 saturated heterocycles. The summed E-state index contributed by atoms with van der Waals surface area (Å²) < 4.78 is 0. The first-order chi connectivity index (χ1) is 62.9. The van der Waals surface area contributed by atoms with Crippen molar-refractivity contribution in [3.05, 3.63) is 419 Å². The number of para-hydroxylation sites is 2. The molecule has 21 nitrogen and oxygen atoms in total. The van der Waals surface area contributed by atoms with Gasteiger partial charge in [0.25, 0.3) is 0 Å². The number of imide groups is 8. The van der Waals surface area contributed by atoms with E-state index in [0.717, 1.165) is 130 Å². The van der Waals surface area contributed by atoms with E-state index in [2.05, 4.69) is 16.0 Å². The van der Waals surface area contributed by atoms with Crippen LogP contribution in [0.3, 0.4) is 0 Å². The number of urea groups is 4. The highest BCUT2D eigenvalue weighted by atomic mass is 16.2. The highest BCUT2D eigenvalue weighted by Crippen LogP contribution is 2.44. The molecule has 4 atom stereocenters. The first-order valence-corrected chi connectivity index (χ1v) is 43.8. The van der Waals surface area contributed by atoms with Gasteiger partial charge < -0.3 is 0 Å². The van der Waals surface area contributed by atoms with Gasteiger partial charge in [0.05, 0.1) is 17.4 Å². The molecule has 12 aromatic carbocycles. The van der Waals surface area contributed by atoms with Crippen LogP contribution in [-0.2, 0) is 38.4 Å². The average molecular weight is 1720 g/mol. The molecule has 648 valence electrons. The largest absolute Gasteiger partial charge is 0.342 e.